The number of aliphatic hydroxyl groups excluding tert-OH is 1. The third-order valence-electron chi connectivity index (χ3n) is 3.35. The van der Waals surface area contributed by atoms with Crippen molar-refractivity contribution in [1.82, 2.24) is 9.88 Å². The van der Waals surface area contributed by atoms with Crippen LogP contribution in [0.4, 0.5) is 0 Å². The number of benzene rings is 1. The summed E-state index contributed by atoms with van der Waals surface area (Å²) in [5.41, 5.74) is 2.43. The monoisotopic (exact) mass is 281 g/mol. The molecule has 0 aliphatic carbocycles. The van der Waals surface area contributed by atoms with Crippen LogP contribution in [-0.4, -0.2) is 28.6 Å². The Morgan fingerprint density at radius 2 is 2.05 bits per heavy atom. The van der Waals surface area contributed by atoms with Gasteiger partial charge in [0, 0.05) is 19.3 Å². The lowest BCUT2D eigenvalue weighted by atomic mass is 10.1. The molecule has 0 fully saturated rings. The first-order chi connectivity index (χ1) is 10.2. The van der Waals surface area contributed by atoms with Gasteiger partial charge in [-0.1, -0.05) is 30.3 Å². The molecule has 0 radical (unpaired) electrons. The summed E-state index contributed by atoms with van der Waals surface area (Å²) in [4.78, 5) is 6.35. The first-order valence-corrected chi connectivity index (χ1v) is 6.95. The number of rotatable bonds is 6. The molecule has 2 aromatic rings. The quantitative estimate of drug-likeness (QED) is 0.883. The van der Waals surface area contributed by atoms with Gasteiger partial charge >= 0.3 is 0 Å². The van der Waals surface area contributed by atoms with Gasteiger partial charge in [-0.05, 0) is 31.2 Å². The molecular weight excluding hydrogens is 262 g/mol. The van der Waals surface area contributed by atoms with Crippen molar-refractivity contribution in [2.24, 2.45) is 0 Å². The van der Waals surface area contributed by atoms with Crippen molar-refractivity contribution >= 4 is 0 Å². The average molecular weight is 281 g/mol. The minimum absolute atomic E-state index is 0.452. The summed E-state index contributed by atoms with van der Waals surface area (Å²) in [6.07, 6.45) is 1.87. The fourth-order valence-corrected chi connectivity index (χ4v) is 2.17. The molecule has 0 unspecified atom stereocenters. The molecule has 1 heterocycles. The van der Waals surface area contributed by atoms with Gasteiger partial charge in [-0.2, -0.15) is 5.26 Å². The molecular formula is C17H19N3O. The molecule has 0 saturated heterocycles. The second kappa shape index (κ2) is 7.53. The number of nitriles is 1. The molecule has 1 aromatic carbocycles. The lowest BCUT2D eigenvalue weighted by molar-refractivity contribution is 0.147. The van der Waals surface area contributed by atoms with Gasteiger partial charge in [0.2, 0.25) is 0 Å². The highest BCUT2D eigenvalue weighted by molar-refractivity contribution is 5.28. The standard InChI is InChI=1S/C17H19N3O/c1-20(13-16-11-14(12-18)7-9-19-16)10-8-17(21)15-5-3-2-4-6-15/h2-7,9,11,17,21H,8,10,13H2,1H3/t17-/m1/s1. The van der Waals surface area contributed by atoms with Crippen LogP contribution < -0.4 is 0 Å². The smallest absolute Gasteiger partial charge is 0.0992 e. The molecule has 1 aromatic heterocycles. The van der Waals surface area contributed by atoms with E-state index >= 15 is 0 Å². The molecule has 1 atom stereocenters. The van der Waals surface area contributed by atoms with Crippen LogP contribution in [0.3, 0.4) is 0 Å². The van der Waals surface area contributed by atoms with Gasteiger partial charge in [0.25, 0.3) is 0 Å². The van der Waals surface area contributed by atoms with E-state index in [4.69, 9.17) is 5.26 Å². The molecule has 108 valence electrons. The summed E-state index contributed by atoms with van der Waals surface area (Å²) in [6.45, 7) is 1.42. The van der Waals surface area contributed by atoms with E-state index < -0.39 is 6.10 Å². The van der Waals surface area contributed by atoms with E-state index in [0.29, 0.717) is 18.5 Å². The topological polar surface area (TPSA) is 60.1 Å². The molecule has 0 aliphatic rings. The maximum atomic E-state index is 10.1. The van der Waals surface area contributed by atoms with Crippen LogP contribution in [0.2, 0.25) is 0 Å². The number of pyridine rings is 1. The Balaban J connectivity index is 1.84. The number of hydrogen-bond acceptors (Lipinski definition) is 4. The van der Waals surface area contributed by atoms with E-state index in [9.17, 15) is 5.11 Å². The predicted octanol–water partition coefficient (Wildman–Crippen LogP) is 2.51. The minimum Gasteiger partial charge on any atom is -0.388 e. The van der Waals surface area contributed by atoms with Crippen molar-refractivity contribution in [2.45, 2.75) is 19.1 Å². The van der Waals surface area contributed by atoms with Crippen molar-refractivity contribution < 1.29 is 5.11 Å². The molecule has 4 nitrogen and oxygen atoms in total. The largest absolute Gasteiger partial charge is 0.388 e. The fourth-order valence-electron chi connectivity index (χ4n) is 2.17. The molecule has 4 heteroatoms. The third-order valence-corrected chi connectivity index (χ3v) is 3.35. The van der Waals surface area contributed by atoms with Gasteiger partial charge < -0.3 is 10.0 Å². The van der Waals surface area contributed by atoms with Crippen LogP contribution in [0.25, 0.3) is 0 Å². The van der Waals surface area contributed by atoms with E-state index in [1.807, 2.05) is 37.4 Å². The molecule has 0 bridgehead atoms. The molecule has 0 aliphatic heterocycles. The maximum absolute atomic E-state index is 10.1. The summed E-state index contributed by atoms with van der Waals surface area (Å²) in [5.74, 6) is 0. The number of aliphatic hydroxyl groups is 1. The van der Waals surface area contributed by atoms with Crippen molar-refractivity contribution in [1.29, 1.82) is 5.26 Å². The van der Waals surface area contributed by atoms with Crippen LogP contribution in [0.5, 0.6) is 0 Å². The molecule has 0 spiro atoms. The van der Waals surface area contributed by atoms with Crippen LogP contribution in [0, 0.1) is 11.3 Å². The average Bonchev–Trinajstić information content (AvgIpc) is 2.53. The van der Waals surface area contributed by atoms with E-state index in [1.54, 1.807) is 18.3 Å². The van der Waals surface area contributed by atoms with E-state index in [1.165, 1.54) is 0 Å². The minimum atomic E-state index is -0.452. The summed E-state index contributed by atoms with van der Waals surface area (Å²) in [5, 5.41) is 19.0. The lowest BCUT2D eigenvalue weighted by Crippen LogP contribution is -2.21. The Morgan fingerprint density at radius 3 is 2.76 bits per heavy atom. The molecule has 1 N–H and O–H groups in total. The Labute approximate surface area is 125 Å². The summed E-state index contributed by atoms with van der Waals surface area (Å²) >= 11 is 0. The van der Waals surface area contributed by atoms with Crippen LogP contribution in [-0.2, 0) is 6.54 Å². The second-order valence-corrected chi connectivity index (χ2v) is 5.10. The molecule has 0 amide bonds. The summed E-state index contributed by atoms with van der Waals surface area (Å²) in [6, 6.07) is 15.3. The Morgan fingerprint density at radius 1 is 1.29 bits per heavy atom. The first kappa shape index (κ1) is 15.2. The van der Waals surface area contributed by atoms with Gasteiger partial charge in [-0.25, -0.2) is 0 Å². The second-order valence-electron chi connectivity index (χ2n) is 5.10. The Bertz CT molecular complexity index is 607. The zero-order chi connectivity index (χ0) is 15.1. The predicted molar refractivity (Wildman–Crippen MR) is 81.3 cm³/mol. The van der Waals surface area contributed by atoms with Crippen LogP contribution in [0.1, 0.15) is 29.3 Å². The summed E-state index contributed by atoms with van der Waals surface area (Å²) in [7, 11) is 1.98. The van der Waals surface area contributed by atoms with Crippen LogP contribution in [0.15, 0.2) is 48.7 Å². The van der Waals surface area contributed by atoms with Crippen molar-refractivity contribution in [3.05, 3.63) is 65.5 Å². The van der Waals surface area contributed by atoms with Gasteiger partial charge in [0.1, 0.15) is 0 Å². The van der Waals surface area contributed by atoms with Gasteiger partial charge in [0.15, 0.2) is 0 Å². The number of hydrogen-bond donors (Lipinski definition) is 1. The number of nitrogens with zero attached hydrogens (tertiary/aromatic N) is 3. The van der Waals surface area contributed by atoms with Crippen molar-refractivity contribution in [2.75, 3.05) is 13.6 Å². The molecule has 0 saturated carbocycles. The van der Waals surface area contributed by atoms with Gasteiger partial charge in [-0.3, -0.25) is 4.98 Å². The van der Waals surface area contributed by atoms with E-state index in [2.05, 4.69) is 16.0 Å². The highest BCUT2D eigenvalue weighted by Crippen LogP contribution is 2.16. The zero-order valence-electron chi connectivity index (χ0n) is 12.1. The van der Waals surface area contributed by atoms with E-state index in [0.717, 1.165) is 17.8 Å². The maximum Gasteiger partial charge on any atom is 0.0992 e. The number of aromatic nitrogens is 1. The van der Waals surface area contributed by atoms with Gasteiger partial charge in [0.05, 0.1) is 23.4 Å². The SMILES string of the molecule is CN(CC[C@@H](O)c1ccccc1)Cc1cc(C#N)ccn1. The normalized spacial score (nSPS) is 12.1. The zero-order valence-corrected chi connectivity index (χ0v) is 12.1. The highest BCUT2D eigenvalue weighted by atomic mass is 16.3. The fraction of sp³-hybridized carbons (Fsp3) is 0.294. The Hall–Kier alpha value is -2.22. The highest BCUT2D eigenvalue weighted by Gasteiger charge is 2.09. The van der Waals surface area contributed by atoms with Gasteiger partial charge in [-0.15, -0.1) is 0 Å². The third kappa shape index (κ3) is 4.67. The summed E-state index contributed by atoms with van der Waals surface area (Å²) < 4.78 is 0. The Kier molecular flexibility index (Phi) is 5.44. The van der Waals surface area contributed by atoms with E-state index in [-0.39, 0.29) is 0 Å². The van der Waals surface area contributed by atoms with Crippen LogP contribution >= 0.6 is 0 Å². The molecule has 2 rings (SSSR count). The lowest BCUT2D eigenvalue weighted by Gasteiger charge is -2.18. The first-order valence-electron chi connectivity index (χ1n) is 6.95. The van der Waals surface area contributed by atoms with Crippen molar-refractivity contribution in [3.63, 3.8) is 0 Å². The molecule has 21 heavy (non-hydrogen) atoms. The van der Waals surface area contributed by atoms with Crippen molar-refractivity contribution in [3.8, 4) is 6.07 Å².